The lowest BCUT2D eigenvalue weighted by Gasteiger charge is -2.41. The number of anilines is 1. The number of aliphatic imine (C=N–C) groups is 2. The highest BCUT2D eigenvalue weighted by Crippen LogP contribution is 2.37. The first-order chi connectivity index (χ1) is 19.0. The van der Waals surface area contributed by atoms with E-state index in [1.807, 2.05) is 13.8 Å². The van der Waals surface area contributed by atoms with E-state index in [9.17, 15) is 28.2 Å². The first-order valence-electron chi connectivity index (χ1n) is 13.4. The standard InChI is InChI=1S/C27H36F3N7O3/c1-15(2)32-16(3)33-24-22(13-31)34-26(35-23-20(29)11-17(28)12-21(23)30)37(24)18-6-8-27(40,9-7-18)25(39)36-10-4-5-19(36)14-38/h11-13,15,18-19,32,38,40H,3-10,14,31H2,1-2H3,(H,34,35)/b22-13+,33-24+/t18-,19-,27-/m0/s1. The molecule has 2 aliphatic heterocycles. The second-order valence-corrected chi connectivity index (χ2v) is 10.6. The molecule has 4 rings (SSSR count). The molecule has 0 aromatic heterocycles. The third-order valence-electron chi connectivity index (χ3n) is 7.40. The monoisotopic (exact) mass is 563 g/mol. The second kappa shape index (κ2) is 11.9. The Balaban J connectivity index is 1.63. The highest BCUT2D eigenvalue weighted by Gasteiger charge is 2.47. The number of hydrogen-bond donors (Lipinski definition) is 5. The lowest BCUT2D eigenvalue weighted by atomic mass is 9.80. The number of aliphatic hydroxyl groups is 2. The van der Waals surface area contributed by atoms with Crippen LogP contribution in [0.4, 0.5) is 18.9 Å². The number of aliphatic hydroxyl groups excluding tert-OH is 1. The third kappa shape index (κ3) is 5.94. The van der Waals surface area contributed by atoms with E-state index in [1.54, 1.807) is 9.80 Å². The van der Waals surface area contributed by atoms with E-state index in [-0.39, 0.29) is 49.0 Å². The summed E-state index contributed by atoms with van der Waals surface area (Å²) < 4.78 is 42.7. The number of benzene rings is 1. The van der Waals surface area contributed by atoms with Gasteiger partial charge in [-0.1, -0.05) is 6.58 Å². The molecule has 1 aliphatic carbocycles. The number of hydrogen-bond acceptors (Lipinski definition) is 8. The maximum atomic E-state index is 14.6. The number of guanidine groups is 1. The van der Waals surface area contributed by atoms with Crippen molar-refractivity contribution in [3.8, 4) is 0 Å². The van der Waals surface area contributed by atoms with Gasteiger partial charge in [0.05, 0.1) is 12.6 Å². The number of likely N-dealkylation sites (tertiary alicyclic amines) is 1. The van der Waals surface area contributed by atoms with Crippen molar-refractivity contribution >= 4 is 23.4 Å². The van der Waals surface area contributed by atoms with Crippen LogP contribution >= 0.6 is 0 Å². The number of rotatable bonds is 7. The fourth-order valence-corrected chi connectivity index (χ4v) is 5.48. The van der Waals surface area contributed by atoms with Gasteiger partial charge in [-0.15, -0.1) is 0 Å². The van der Waals surface area contributed by atoms with Gasteiger partial charge >= 0.3 is 0 Å². The first kappa shape index (κ1) is 29.4. The Labute approximate surface area is 231 Å². The fourth-order valence-electron chi connectivity index (χ4n) is 5.48. The van der Waals surface area contributed by atoms with E-state index in [0.717, 1.165) is 6.42 Å². The molecule has 6 N–H and O–H groups in total. The number of carbonyl (C=O) groups is 1. The molecule has 40 heavy (non-hydrogen) atoms. The van der Waals surface area contributed by atoms with Crippen molar-refractivity contribution in [2.24, 2.45) is 15.7 Å². The zero-order valence-corrected chi connectivity index (χ0v) is 22.6. The summed E-state index contributed by atoms with van der Waals surface area (Å²) >= 11 is 0. The molecule has 2 fully saturated rings. The number of amidine groups is 1. The zero-order valence-electron chi connectivity index (χ0n) is 22.6. The smallest absolute Gasteiger partial charge is 0.254 e. The predicted molar refractivity (Wildman–Crippen MR) is 145 cm³/mol. The summed E-state index contributed by atoms with van der Waals surface area (Å²) in [4.78, 5) is 25.4. The minimum atomic E-state index is -1.61. The van der Waals surface area contributed by atoms with Gasteiger partial charge in [-0.05, 0) is 52.4 Å². The minimum Gasteiger partial charge on any atom is -0.403 e. The van der Waals surface area contributed by atoms with Crippen LogP contribution in [0.2, 0.25) is 0 Å². The molecule has 0 spiro atoms. The number of nitrogens with two attached hydrogens (primary N) is 1. The molecule has 1 aromatic rings. The topological polar surface area (TPSA) is 139 Å². The van der Waals surface area contributed by atoms with Gasteiger partial charge in [0.1, 0.15) is 28.6 Å². The molecule has 218 valence electrons. The fraction of sp³-hybridized carbons (Fsp3) is 0.519. The summed E-state index contributed by atoms with van der Waals surface area (Å²) in [5.41, 5.74) is 3.84. The van der Waals surface area contributed by atoms with Gasteiger partial charge in [0.25, 0.3) is 5.91 Å². The van der Waals surface area contributed by atoms with E-state index >= 15 is 0 Å². The largest absolute Gasteiger partial charge is 0.403 e. The molecule has 0 radical (unpaired) electrons. The van der Waals surface area contributed by atoms with Crippen LogP contribution < -0.4 is 16.4 Å². The molecule has 0 unspecified atom stereocenters. The lowest BCUT2D eigenvalue weighted by molar-refractivity contribution is -0.157. The Hall–Kier alpha value is -3.58. The Morgan fingerprint density at radius 3 is 2.50 bits per heavy atom. The van der Waals surface area contributed by atoms with Crippen LogP contribution in [0.5, 0.6) is 0 Å². The van der Waals surface area contributed by atoms with E-state index in [0.29, 0.717) is 43.8 Å². The van der Waals surface area contributed by atoms with Crippen molar-refractivity contribution in [2.45, 2.75) is 76.1 Å². The van der Waals surface area contributed by atoms with Gasteiger partial charge in [0, 0.05) is 37.0 Å². The maximum absolute atomic E-state index is 14.6. The van der Waals surface area contributed by atoms with Crippen LogP contribution in [0.15, 0.2) is 46.4 Å². The van der Waals surface area contributed by atoms with E-state index in [4.69, 9.17) is 5.73 Å². The highest BCUT2D eigenvalue weighted by atomic mass is 19.1. The number of nitrogens with zero attached hydrogens (tertiary/aromatic N) is 4. The van der Waals surface area contributed by atoms with Crippen molar-refractivity contribution in [3.63, 3.8) is 0 Å². The predicted octanol–water partition coefficient (Wildman–Crippen LogP) is 2.51. The van der Waals surface area contributed by atoms with E-state index in [2.05, 4.69) is 27.2 Å². The normalized spacial score (nSPS) is 27.1. The number of carbonyl (C=O) groups excluding carboxylic acids is 1. The third-order valence-corrected chi connectivity index (χ3v) is 7.40. The first-order valence-corrected chi connectivity index (χ1v) is 13.4. The van der Waals surface area contributed by atoms with Crippen LogP contribution in [-0.4, -0.2) is 74.6 Å². The molecule has 0 bridgehead atoms. The molecule has 1 saturated heterocycles. The Kier molecular flexibility index (Phi) is 8.74. The average Bonchev–Trinajstić information content (AvgIpc) is 3.50. The summed E-state index contributed by atoms with van der Waals surface area (Å²) in [6.45, 7) is 8.04. The molecule has 10 nitrogen and oxygen atoms in total. The summed E-state index contributed by atoms with van der Waals surface area (Å²) in [6, 6.07) is 0.409. The lowest BCUT2D eigenvalue weighted by Crippen LogP contribution is -2.56. The quantitative estimate of drug-likeness (QED) is 0.344. The molecule has 1 saturated carbocycles. The molecule has 1 atom stereocenters. The van der Waals surface area contributed by atoms with Gasteiger partial charge in [-0.25, -0.2) is 23.2 Å². The number of nitrogens with one attached hydrogen (secondary N) is 2. The van der Waals surface area contributed by atoms with Crippen LogP contribution in [0.1, 0.15) is 52.4 Å². The molecular formula is C27H36F3N7O3. The number of amides is 1. The Bertz CT molecular complexity index is 1220. The van der Waals surface area contributed by atoms with Crippen LogP contribution in [0.3, 0.4) is 0 Å². The van der Waals surface area contributed by atoms with Crippen LogP contribution in [-0.2, 0) is 4.79 Å². The molecule has 2 heterocycles. The van der Waals surface area contributed by atoms with E-state index in [1.165, 1.54) is 6.20 Å². The highest BCUT2D eigenvalue weighted by molar-refractivity contribution is 6.18. The minimum absolute atomic E-state index is 0.00106. The van der Waals surface area contributed by atoms with Crippen molar-refractivity contribution in [3.05, 3.63) is 53.9 Å². The van der Waals surface area contributed by atoms with E-state index < -0.39 is 40.7 Å². The average molecular weight is 564 g/mol. The second-order valence-electron chi connectivity index (χ2n) is 10.6. The molecule has 3 aliphatic rings. The van der Waals surface area contributed by atoms with Crippen molar-refractivity contribution in [2.75, 3.05) is 18.5 Å². The number of halogens is 3. The molecule has 1 aromatic carbocycles. The van der Waals surface area contributed by atoms with Crippen LogP contribution in [0.25, 0.3) is 0 Å². The zero-order chi connectivity index (χ0) is 29.2. The summed E-state index contributed by atoms with van der Waals surface area (Å²) in [7, 11) is 0. The summed E-state index contributed by atoms with van der Waals surface area (Å²) in [6.07, 6.45) is 3.45. The van der Waals surface area contributed by atoms with Crippen LogP contribution in [0, 0.1) is 17.5 Å². The van der Waals surface area contributed by atoms with Crippen molar-refractivity contribution < 1.29 is 28.2 Å². The van der Waals surface area contributed by atoms with Crippen molar-refractivity contribution in [1.82, 2.24) is 15.1 Å². The molecule has 13 heteroatoms. The van der Waals surface area contributed by atoms with Gasteiger partial charge in [0.2, 0.25) is 5.96 Å². The summed E-state index contributed by atoms with van der Waals surface area (Å²) in [5, 5.41) is 26.7. The molecule has 1 amide bonds. The Morgan fingerprint density at radius 1 is 1.27 bits per heavy atom. The van der Waals surface area contributed by atoms with Gasteiger partial charge in [0.15, 0.2) is 17.5 Å². The molecular weight excluding hydrogens is 527 g/mol. The van der Waals surface area contributed by atoms with Gasteiger partial charge in [-0.3, -0.25) is 9.69 Å². The Morgan fingerprint density at radius 2 is 1.93 bits per heavy atom. The summed E-state index contributed by atoms with van der Waals surface area (Å²) in [5.74, 6) is -3.21. The van der Waals surface area contributed by atoms with Gasteiger partial charge in [-0.2, -0.15) is 0 Å². The van der Waals surface area contributed by atoms with Crippen molar-refractivity contribution in [1.29, 1.82) is 0 Å². The maximum Gasteiger partial charge on any atom is 0.254 e. The van der Waals surface area contributed by atoms with Gasteiger partial charge < -0.3 is 31.5 Å². The SMILES string of the molecule is C=C(/N=C1\C(=C/N)N=C(Nc2c(F)cc(F)cc2F)N1[C@H]1CC[C@@](O)(C(=O)N2CCC[C@H]2CO)CC1)NC(C)C.